The SMILES string of the molecule is CCOC(=O)C1=NN[C@@H]2C(=O)NC(=O)[C@@H]12. The van der Waals surface area contributed by atoms with Crippen molar-refractivity contribution in [2.24, 2.45) is 11.0 Å². The van der Waals surface area contributed by atoms with Crippen molar-refractivity contribution in [1.29, 1.82) is 0 Å². The number of hydrazone groups is 1. The normalized spacial score (nSPS) is 27.9. The Balaban J connectivity index is 2.20. The Bertz CT molecular complexity index is 376. The van der Waals surface area contributed by atoms with Crippen LogP contribution in [0.25, 0.3) is 0 Å². The molecule has 80 valence electrons. The predicted molar refractivity (Wildman–Crippen MR) is 47.6 cm³/mol. The zero-order valence-electron chi connectivity index (χ0n) is 7.94. The second-order valence-corrected chi connectivity index (χ2v) is 3.16. The van der Waals surface area contributed by atoms with E-state index in [1.165, 1.54) is 0 Å². The van der Waals surface area contributed by atoms with Gasteiger partial charge in [0.15, 0.2) is 5.71 Å². The number of amides is 2. The van der Waals surface area contributed by atoms with Gasteiger partial charge in [-0.25, -0.2) is 4.79 Å². The maximum atomic E-state index is 11.4. The molecule has 7 nitrogen and oxygen atoms in total. The molecule has 2 aliphatic heterocycles. The van der Waals surface area contributed by atoms with E-state index < -0.39 is 29.7 Å². The fourth-order valence-corrected chi connectivity index (χ4v) is 1.58. The highest BCUT2D eigenvalue weighted by Gasteiger charge is 2.50. The summed E-state index contributed by atoms with van der Waals surface area (Å²) in [7, 11) is 0. The molecule has 0 saturated carbocycles. The molecule has 0 aromatic rings. The number of imide groups is 1. The van der Waals surface area contributed by atoms with Crippen LogP contribution in [0.4, 0.5) is 0 Å². The van der Waals surface area contributed by atoms with Gasteiger partial charge in [0.25, 0.3) is 5.91 Å². The minimum absolute atomic E-state index is 0.0369. The van der Waals surface area contributed by atoms with Crippen LogP contribution in [0.2, 0.25) is 0 Å². The zero-order valence-corrected chi connectivity index (χ0v) is 7.94. The van der Waals surface area contributed by atoms with E-state index in [-0.39, 0.29) is 12.3 Å². The molecule has 0 radical (unpaired) electrons. The van der Waals surface area contributed by atoms with Gasteiger partial charge in [-0.3, -0.25) is 20.3 Å². The molecule has 2 N–H and O–H groups in total. The lowest BCUT2D eigenvalue weighted by Crippen LogP contribution is -2.35. The third-order valence-corrected chi connectivity index (χ3v) is 2.25. The lowest BCUT2D eigenvalue weighted by Gasteiger charge is -2.05. The second kappa shape index (κ2) is 3.34. The third-order valence-electron chi connectivity index (χ3n) is 2.25. The van der Waals surface area contributed by atoms with Crippen LogP contribution in [0.5, 0.6) is 0 Å². The van der Waals surface area contributed by atoms with Gasteiger partial charge in [0, 0.05) is 0 Å². The van der Waals surface area contributed by atoms with E-state index in [1.807, 2.05) is 0 Å². The van der Waals surface area contributed by atoms with Crippen LogP contribution in [-0.4, -0.2) is 36.1 Å². The summed E-state index contributed by atoms with van der Waals surface area (Å²) in [6, 6.07) is -0.767. The average molecular weight is 211 g/mol. The number of nitrogens with one attached hydrogen (secondary N) is 2. The van der Waals surface area contributed by atoms with Crippen LogP contribution in [0.3, 0.4) is 0 Å². The summed E-state index contributed by atoms with van der Waals surface area (Å²) in [6.07, 6.45) is 0. The van der Waals surface area contributed by atoms with E-state index in [0.717, 1.165) is 0 Å². The summed E-state index contributed by atoms with van der Waals surface area (Å²) in [6.45, 7) is 1.85. The Labute approximate surface area is 84.8 Å². The first-order valence-corrected chi connectivity index (χ1v) is 4.50. The summed E-state index contributed by atoms with van der Waals surface area (Å²) in [4.78, 5) is 33.9. The Kier molecular flexibility index (Phi) is 2.14. The van der Waals surface area contributed by atoms with Gasteiger partial charge in [-0.15, -0.1) is 0 Å². The Morgan fingerprint density at radius 2 is 2.20 bits per heavy atom. The van der Waals surface area contributed by atoms with E-state index in [2.05, 4.69) is 15.8 Å². The Morgan fingerprint density at radius 1 is 1.47 bits per heavy atom. The molecule has 2 aliphatic rings. The summed E-state index contributed by atoms with van der Waals surface area (Å²) in [5, 5.41) is 5.77. The summed E-state index contributed by atoms with van der Waals surface area (Å²) >= 11 is 0. The van der Waals surface area contributed by atoms with Crippen molar-refractivity contribution < 1.29 is 19.1 Å². The Hall–Kier alpha value is -1.92. The molecule has 2 heterocycles. The highest BCUT2D eigenvalue weighted by Crippen LogP contribution is 2.19. The van der Waals surface area contributed by atoms with Gasteiger partial charge >= 0.3 is 5.97 Å². The topological polar surface area (TPSA) is 96.9 Å². The molecule has 7 heteroatoms. The summed E-state index contributed by atoms with van der Waals surface area (Å²) in [5.41, 5.74) is 2.41. The number of esters is 1. The maximum absolute atomic E-state index is 11.4. The third kappa shape index (κ3) is 1.36. The van der Waals surface area contributed by atoms with Crippen LogP contribution in [0.1, 0.15) is 6.92 Å². The van der Waals surface area contributed by atoms with Crippen molar-refractivity contribution in [2.75, 3.05) is 6.61 Å². The number of ether oxygens (including phenoxy) is 1. The molecule has 0 aromatic heterocycles. The standard InChI is InChI=1S/C8H9N3O4/c1-2-15-8(14)5-3-4(10-11-5)7(13)9-6(3)12/h3-4,10H,2H2,1H3,(H,9,12,13)/t3-,4+/m1/s1. The number of fused-ring (bicyclic) bond motifs is 1. The molecule has 1 fully saturated rings. The largest absolute Gasteiger partial charge is 0.461 e. The van der Waals surface area contributed by atoms with Gasteiger partial charge < -0.3 is 4.74 Å². The van der Waals surface area contributed by atoms with E-state index in [4.69, 9.17) is 4.74 Å². The molecule has 2 atom stereocenters. The number of hydrogen-bond acceptors (Lipinski definition) is 6. The molecule has 2 rings (SSSR count). The fraction of sp³-hybridized carbons (Fsp3) is 0.500. The smallest absolute Gasteiger partial charge is 0.355 e. The van der Waals surface area contributed by atoms with Crippen molar-refractivity contribution in [3.8, 4) is 0 Å². The van der Waals surface area contributed by atoms with Crippen LogP contribution in [0.15, 0.2) is 5.10 Å². The van der Waals surface area contributed by atoms with Gasteiger partial charge in [-0.05, 0) is 6.92 Å². The lowest BCUT2D eigenvalue weighted by molar-refractivity contribution is -0.136. The number of rotatable bonds is 2. The summed E-state index contributed by atoms with van der Waals surface area (Å²) in [5.74, 6) is -2.49. The second-order valence-electron chi connectivity index (χ2n) is 3.16. The monoisotopic (exact) mass is 211 g/mol. The van der Waals surface area contributed by atoms with E-state index >= 15 is 0 Å². The van der Waals surface area contributed by atoms with E-state index in [9.17, 15) is 14.4 Å². The first-order valence-electron chi connectivity index (χ1n) is 4.50. The van der Waals surface area contributed by atoms with E-state index in [1.54, 1.807) is 6.92 Å². The average Bonchev–Trinajstić information content (AvgIpc) is 2.70. The predicted octanol–water partition coefficient (Wildman–Crippen LogP) is -1.85. The number of carbonyl (C=O) groups is 3. The van der Waals surface area contributed by atoms with Crippen molar-refractivity contribution >= 4 is 23.5 Å². The lowest BCUT2D eigenvalue weighted by atomic mass is 9.99. The minimum atomic E-state index is -0.850. The first kappa shape index (κ1) is 9.63. The van der Waals surface area contributed by atoms with Crippen molar-refractivity contribution in [2.45, 2.75) is 13.0 Å². The minimum Gasteiger partial charge on any atom is -0.461 e. The van der Waals surface area contributed by atoms with Crippen LogP contribution in [-0.2, 0) is 19.1 Å². The molecule has 0 spiro atoms. The highest BCUT2D eigenvalue weighted by atomic mass is 16.5. The summed E-state index contributed by atoms with van der Waals surface area (Å²) < 4.78 is 4.72. The van der Waals surface area contributed by atoms with Crippen LogP contribution < -0.4 is 10.7 Å². The maximum Gasteiger partial charge on any atom is 0.355 e. The van der Waals surface area contributed by atoms with Crippen molar-refractivity contribution in [3.05, 3.63) is 0 Å². The molecule has 0 aromatic carbocycles. The van der Waals surface area contributed by atoms with Crippen molar-refractivity contribution in [1.82, 2.24) is 10.7 Å². The van der Waals surface area contributed by atoms with Crippen LogP contribution >= 0.6 is 0 Å². The molecule has 0 aliphatic carbocycles. The number of nitrogens with zero attached hydrogens (tertiary/aromatic N) is 1. The highest BCUT2D eigenvalue weighted by molar-refractivity contribution is 6.44. The van der Waals surface area contributed by atoms with Gasteiger partial charge in [0.2, 0.25) is 5.91 Å². The molecule has 15 heavy (non-hydrogen) atoms. The molecule has 2 amide bonds. The van der Waals surface area contributed by atoms with Gasteiger partial charge in [0.1, 0.15) is 12.0 Å². The molecule has 1 saturated heterocycles. The van der Waals surface area contributed by atoms with Crippen LogP contribution in [0, 0.1) is 5.92 Å². The first-order chi connectivity index (χ1) is 7.15. The molecule has 0 bridgehead atoms. The molecular weight excluding hydrogens is 202 g/mol. The molecule has 0 unspecified atom stereocenters. The quantitative estimate of drug-likeness (QED) is 0.413. The number of hydrogen-bond donors (Lipinski definition) is 2. The van der Waals surface area contributed by atoms with E-state index in [0.29, 0.717) is 0 Å². The molecular formula is C8H9N3O4. The zero-order chi connectivity index (χ0) is 11.0. The van der Waals surface area contributed by atoms with Gasteiger partial charge in [-0.2, -0.15) is 5.10 Å². The van der Waals surface area contributed by atoms with Gasteiger partial charge in [-0.1, -0.05) is 0 Å². The van der Waals surface area contributed by atoms with Crippen molar-refractivity contribution in [3.63, 3.8) is 0 Å². The van der Waals surface area contributed by atoms with Gasteiger partial charge in [0.05, 0.1) is 6.61 Å². The number of carbonyl (C=O) groups excluding carboxylic acids is 3. The Morgan fingerprint density at radius 3 is 2.87 bits per heavy atom. The fourth-order valence-electron chi connectivity index (χ4n) is 1.58.